The molecule has 0 fully saturated rings. The van der Waals surface area contributed by atoms with Gasteiger partial charge in [0.15, 0.2) is 5.75 Å². The molecule has 0 aliphatic carbocycles. The summed E-state index contributed by atoms with van der Waals surface area (Å²) in [5.41, 5.74) is 5.08. The highest BCUT2D eigenvalue weighted by Crippen LogP contribution is 2.36. The standard InChI is InChI=1S/C10H10Cl3NO4S/c1-5(10(14)15)4-18-9-7(11)2-6(3-8(9)12)19(13,16)17/h2-3,5H,4H2,1H3,(H2,14,15). The third-order valence-corrected chi connectivity index (χ3v) is 4.11. The van der Waals surface area contributed by atoms with E-state index in [1.165, 1.54) is 0 Å². The highest BCUT2D eigenvalue weighted by Gasteiger charge is 2.18. The van der Waals surface area contributed by atoms with Crippen molar-refractivity contribution >= 4 is 48.8 Å². The Bertz CT molecular complexity index is 580. The smallest absolute Gasteiger partial charge is 0.261 e. The molecular weight excluding hydrogens is 337 g/mol. The molecule has 5 nitrogen and oxygen atoms in total. The van der Waals surface area contributed by atoms with Crippen molar-refractivity contribution < 1.29 is 17.9 Å². The largest absolute Gasteiger partial charge is 0.490 e. The Balaban J connectivity index is 3.02. The summed E-state index contributed by atoms with van der Waals surface area (Å²) in [6.45, 7) is 1.55. The number of amides is 1. The SMILES string of the molecule is CC(COc1c(Cl)cc(S(=O)(=O)Cl)cc1Cl)C(N)=O. The lowest BCUT2D eigenvalue weighted by atomic mass is 10.2. The van der Waals surface area contributed by atoms with Gasteiger partial charge in [-0.15, -0.1) is 0 Å². The third-order valence-electron chi connectivity index (χ3n) is 2.22. The monoisotopic (exact) mass is 345 g/mol. The molecule has 0 radical (unpaired) electrons. The lowest BCUT2D eigenvalue weighted by molar-refractivity contribution is -0.122. The van der Waals surface area contributed by atoms with Crippen LogP contribution in [0.5, 0.6) is 5.75 Å². The van der Waals surface area contributed by atoms with Gasteiger partial charge in [0, 0.05) is 10.7 Å². The van der Waals surface area contributed by atoms with Crippen molar-refractivity contribution in [2.75, 3.05) is 6.61 Å². The lowest BCUT2D eigenvalue weighted by Gasteiger charge is -2.13. The fourth-order valence-electron chi connectivity index (χ4n) is 1.11. The van der Waals surface area contributed by atoms with E-state index in [-0.39, 0.29) is 27.3 Å². The molecule has 0 saturated heterocycles. The lowest BCUT2D eigenvalue weighted by Crippen LogP contribution is -2.25. The normalized spacial score (nSPS) is 13.1. The number of ether oxygens (including phenoxy) is 1. The average Bonchev–Trinajstić information content (AvgIpc) is 2.25. The number of carbonyl (C=O) groups excluding carboxylic acids is 1. The van der Waals surface area contributed by atoms with E-state index in [1.807, 2.05) is 0 Å². The van der Waals surface area contributed by atoms with Gasteiger partial charge in [0.05, 0.1) is 27.5 Å². The molecule has 0 spiro atoms. The van der Waals surface area contributed by atoms with Gasteiger partial charge in [-0.05, 0) is 12.1 Å². The van der Waals surface area contributed by atoms with Crippen LogP contribution in [0.1, 0.15) is 6.92 Å². The molecule has 1 amide bonds. The topological polar surface area (TPSA) is 86.5 Å². The molecule has 9 heteroatoms. The predicted octanol–water partition coefficient (Wildman–Crippen LogP) is 2.42. The number of halogens is 3. The molecule has 19 heavy (non-hydrogen) atoms. The minimum atomic E-state index is -3.94. The van der Waals surface area contributed by atoms with Gasteiger partial charge in [0.25, 0.3) is 9.05 Å². The van der Waals surface area contributed by atoms with Crippen LogP contribution in [-0.2, 0) is 13.8 Å². The van der Waals surface area contributed by atoms with Gasteiger partial charge in [-0.1, -0.05) is 30.1 Å². The second kappa shape index (κ2) is 6.17. The van der Waals surface area contributed by atoms with Crippen molar-refractivity contribution in [3.8, 4) is 5.75 Å². The van der Waals surface area contributed by atoms with Crippen LogP contribution in [0.25, 0.3) is 0 Å². The third kappa shape index (κ3) is 4.42. The van der Waals surface area contributed by atoms with E-state index in [0.717, 1.165) is 12.1 Å². The fourth-order valence-corrected chi connectivity index (χ4v) is 2.62. The van der Waals surface area contributed by atoms with E-state index >= 15 is 0 Å². The predicted molar refractivity (Wildman–Crippen MR) is 73.4 cm³/mol. The van der Waals surface area contributed by atoms with E-state index in [9.17, 15) is 13.2 Å². The van der Waals surface area contributed by atoms with Crippen LogP contribution < -0.4 is 10.5 Å². The number of benzene rings is 1. The highest BCUT2D eigenvalue weighted by molar-refractivity contribution is 8.13. The molecule has 0 bridgehead atoms. The molecule has 1 unspecified atom stereocenters. The Kier molecular flexibility index (Phi) is 5.32. The van der Waals surface area contributed by atoms with E-state index in [1.54, 1.807) is 6.92 Å². The summed E-state index contributed by atoms with van der Waals surface area (Å²) < 4.78 is 27.6. The van der Waals surface area contributed by atoms with Crippen molar-refractivity contribution in [2.45, 2.75) is 11.8 Å². The van der Waals surface area contributed by atoms with Gasteiger partial charge >= 0.3 is 0 Å². The molecule has 1 aromatic rings. The molecule has 1 aromatic carbocycles. The van der Waals surface area contributed by atoms with Crippen LogP contribution in [0.3, 0.4) is 0 Å². The van der Waals surface area contributed by atoms with Crippen LogP contribution >= 0.6 is 33.9 Å². The summed E-state index contributed by atoms with van der Waals surface area (Å²) in [5, 5.41) is -0.0493. The first-order valence-electron chi connectivity index (χ1n) is 4.98. The van der Waals surface area contributed by atoms with E-state index in [4.69, 9.17) is 44.4 Å². The summed E-state index contributed by atoms with van der Waals surface area (Å²) in [6, 6.07) is 2.22. The maximum Gasteiger partial charge on any atom is 0.261 e. The van der Waals surface area contributed by atoms with Gasteiger partial charge in [-0.2, -0.15) is 0 Å². The maximum atomic E-state index is 11.2. The van der Waals surface area contributed by atoms with E-state index in [2.05, 4.69) is 0 Å². The van der Waals surface area contributed by atoms with Crippen LogP contribution in [0.15, 0.2) is 17.0 Å². The zero-order chi connectivity index (χ0) is 14.8. The van der Waals surface area contributed by atoms with Crippen LogP contribution in [0.4, 0.5) is 0 Å². The van der Waals surface area contributed by atoms with Crippen molar-refractivity contribution in [1.82, 2.24) is 0 Å². The van der Waals surface area contributed by atoms with Gasteiger partial charge in [0.2, 0.25) is 5.91 Å². The van der Waals surface area contributed by atoms with Gasteiger partial charge < -0.3 is 10.5 Å². The summed E-state index contributed by atoms with van der Waals surface area (Å²) >= 11 is 11.7. The minimum absolute atomic E-state index is 0.0246. The summed E-state index contributed by atoms with van der Waals surface area (Å²) in [5.74, 6) is -1.00. The number of hydrogen-bond acceptors (Lipinski definition) is 4. The minimum Gasteiger partial charge on any atom is -0.490 e. The summed E-state index contributed by atoms with van der Waals surface area (Å²) in [7, 11) is 1.24. The molecule has 106 valence electrons. The molecule has 0 aliphatic heterocycles. The first-order chi connectivity index (χ1) is 8.62. The fraction of sp³-hybridized carbons (Fsp3) is 0.300. The van der Waals surface area contributed by atoms with Crippen LogP contribution in [-0.4, -0.2) is 20.9 Å². The van der Waals surface area contributed by atoms with Crippen molar-refractivity contribution in [3.05, 3.63) is 22.2 Å². The van der Waals surface area contributed by atoms with Crippen molar-refractivity contribution in [2.24, 2.45) is 11.7 Å². The van der Waals surface area contributed by atoms with Crippen molar-refractivity contribution in [3.63, 3.8) is 0 Å². The first kappa shape index (κ1) is 16.4. The quantitative estimate of drug-likeness (QED) is 0.830. The number of hydrogen-bond donors (Lipinski definition) is 1. The van der Waals surface area contributed by atoms with E-state index < -0.39 is 20.9 Å². The second-order valence-corrected chi connectivity index (χ2v) is 7.15. The van der Waals surface area contributed by atoms with Gasteiger partial charge in [0.1, 0.15) is 0 Å². The van der Waals surface area contributed by atoms with E-state index in [0.29, 0.717) is 0 Å². The summed E-state index contributed by atoms with van der Waals surface area (Å²) in [4.78, 5) is 10.6. The zero-order valence-electron chi connectivity index (χ0n) is 9.69. The Morgan fingerprint density at radius 2 is 1.84 bits per heavy atom. The number of nitrogens with two attached hydrogens (primary N) is 1. The number of primary amides is 1. The maximum absolute atomic E-state index is 11.2. The Hall–Kier alpha value is -0.690. The molecule has 0 aromatic heterocycles. The number of rotatable bonds is 5. The molecule has 1 rings (SSSR count). The van der Waals surface area contributed by atoms with Crippen LogP contribution in [0, 0.1) is 5.92 Å². The summed E-state index contributed by atoms with van der Waals surface area (Å²) in [6.07, 6.45) is 0. The van der Waals surface area contributed by atoms with Gasteiger partial charge in [-0.3, -0.25) is 4.79 Å². The Labute approximate surface area is 125 Å². The highest BCUT2D eigenvalue weighted by atomic mass is 35.7. The second-order valence-electron chi connectivity index (χ2n) is 3.77. The number of carbonyl (C=O) groups is 1. The first-order valence-corrected chi connectivity index (χ1v) is 8.05. The molecule has 1 atom stereocenters. The molecular formula is C10H10Cl3NO4S. The van der Waals surface area contributed by atoms with Crippen LogP contribution in [0.2, 0.25) is 10.0 Å². The van der Waals surface area contributed by atoms with Gasteiger partial charge in [-0.25, -0.2) is 8.42 Å². The van der Waals surface area contributed by atoms with Crippen molar-refractivity contribution in [1.29, 1.82) is 0 Å². The molecule has 0 heterocycles. The molecule has 0 saturated carbocycles. The Morgan fingerprint density at radius 3 is 2.21 bits per heavy atom. The molecule has 2 N–H and O–H groups in total. The Morgan fingerprint density at radius 1 is 1.37 bits per heavy atom. The molecule has 0 aliphatic rings. The average molecular weight is 347 g/mol. The zero-order valence-corrected chi connectivity index (χ0v) is 12.8.